The summed E-state index contributed by atoms with van der Waals surface area (Å²) in [5, 5.41) is 13.3. The Kier molecular flexibility index (Phi) is 2.76. The topological polar surface area (TPSA) is 57.7 Å². The van der Waals surface area contributed by atoms with Crippen LogP contribution < -0.4 is 4.90 Å². The van der Waals surface area contributed by atoms with E-state index in [-0.39, 0.29) is 0 Å². The zero-order valence-corrected chi connectivity index (χ0v) is 11.1. The molecule has 1 saturated heterocycles. The minimum Gasteiger partial charge on any atom is -0.351 e. The Morgan fingerprint density at radius 1 is 1.44 bits per heavy atom. The second-order valence-corrected chi connectivity index (χ2v) is 5.10. The summed E-state index contributed by atoms with van der Waals surface area (Å²) in [5.74, 6) is 0.766. The van der Waals surface area contributed by atoms with Gasteiger partial charge in [-0.25, -0.2) is 4.98 Å². The summed E-state index contributed by atoms with van der Waals surface area (Å²) in [7, 11) is 0. The molecule has 0 atom stereocenters. The van der Waals surface area contributed by atoms with E-state index in [1.165, 1.54) is 0 Å². The van der Waals surface area contributed by atoms with Gasteiger partial charge in [0.1, 0.15) is 11.9 Å². The Bertz CT molecular complexity index is 609. The maximum absolute atomic E-state index is 9.03. The van der Waals surface area contributed by atoms with Gasteiger partial charge in [0, 0.05) is 25.5 Å². The maximum atomic E-state index is 9.03. The number of aromatic nitrogens is 3. The lowest BCUT2D eigenvalue weighted by Gasteiger charge is -2.40. The van der Waals surface area contributed by atoms with Crippen LogP contribution >= 0.6 is 15.9 Å². The minimum absolute atomic E-state index is 0.352. The third-order valence-corrected chi connectivity index (χ3v) is 3.42. The van der Waals surface area contributed by atoms with Gasteiger partial charge in [-0.2, -0.15) is 10.4 Å². The second kappa shape index (κ2) is 4.42. The zero-order chi connectivity index (χ0) is 12.5. The quantitative estimate of drug-likeness (QED) is 0.851. The van der Waals surface area contributed by atoms with Crippen LogP contribution in [0.2, 0.25) is 0 Å². The molecule has 2 aromatic heterocycles. The molecule has 1 fully saturated rings. The molecule has 0 saturated carbocycles. The number of halogens is 1. The fraction of sp³-hybridized carbons (Fsp3) is 0.250. The van der Waals surface area contributed by atoms with Crippen molar-refractivity contribution in [2.75, 3.05) is 18.0 Å². The van der Waals surface area contributed by atoms with Crippen LogP contribution in [0, 0.1) is 11.3 Å². The van der Waals surface area contributed by atoms with E-state index in [0.29, 0.717) is 11.6 Å². The summed E-state index contributed by atoms with van der Waals surface area (Å²) < 4.78 is 2.92. The van der Waals surface area contributed by atoms with Crippen LogP contribution in [0.25, 0.3) is 0 Å². The molecule has 18 heavy (non-hydrogen) atoms. The Balaban J connectivity index is 1.74. The SMILES string of the molecule is N#Cc1cccnc1N1CC(n2cc(Br)cn2)C1. The van der Waals surface area contributed by atoms with Gasteiger partial charge < -0.3 is 4.90 Å². The number of rotatable bonds is 2. The average Bonchev–Trinajstić information content (AvgIpc) is 2.74. The van der Waals surface area contributed by atoms with E-state index in [4.69, 9.17) is 5.26 Å². The highest BCUT2D eigenvalue weighted by Gasteiger charge is 2.31. The van der Waals surface area contributed by atoms with Crippen LogP contribution in [-0.4, -0.2) is 27.9 Å². The van der Waals surface area contributed by atoms with Crippen LogP contribution in [0.4, 0.5) is 5.82 Å². The van der Waals surface area contributed by atoms with Gasteiger partial charge in [-0.05, 0) is 28.1 Å². The average molecular weight is 304 g/mol. The van der Waals surface area contributed by atoms with Crippen molar-refractivity contribution in [2.24, 2.45) is 0 Å². The first-order valence-corrected chi connectivity index (χ1v) is 6.37. The summed E-state index contributed by atoms with van der Waals surface area (Å²) in [4.78, 5) is 6.37. The fourth-order valence-electron chi connectivity index (χ4n) is 2.05. The fourth-order valence-corrected chi connectivity index (χ4v) is 2.35. The highest BCUT2D eigenvalue weighted by molar-refractivity contribution is 9.10. The Morgan fingerprint density at radius 2 is 2.28 bits per heavy atom. The predicted molar refractivity (Wildman–Crippen MR) is 70.1 cm³/mol. The lowest BCUT2D eigenvalue weighted by molar-refractivity contribution is 0.365. The zero-order valence-electron chi connectivity index (χ0n) is 9.49. The first-order valence-electron chi connectivity index (χ1n) is 5.57. The maximum Gasteiger partial charge on any atom is 0.146 e. The van der Waals surface area contributed by atoms with Gasteiger partial charge in [-0.3, -0.25) is 4.68 Å². The van der Waals surface area contributed by atoms with Crippen molar-refractivity contribution in [3.05, 3.63) is 40.8 Å². The van der Waals surface area contributed by atoms with Crippen molar-refractivity contribution in [1.82, 2.24) is 14.8 Å². The van der Waals surface area contributed by atoms with Crippen LogP contribution in [0.5, 0.6) is 0 Å². The molecule has 3 heterocycles. The van der Waals surface area contributed by atoms with Gasteiger partial charge in [0.15, 0.2) is 0 Å². The second-order valence-electron chi connectivity index (χ2n) is 4.18. The normalized spacial score (nSPS) is 15.2. The number of pyridine rings is 1. The molecule has 0 bridgehead atoms. The van der Waals surface area contributed by atoms with Crippen LogP contribution in [0.15, 0.2) is 35.2 Å². The molecule has 5 nitrogen and oxygen atoms in total. The summed E-state index contributed by atoms with van der Waals surface area (Å²) in [6.45, 7) is 1.67. The first-order chi connectivity index (χ1) is 8.78. The lowest BCUT2D eigenvalue weighted by Crippen LogP contribution is -2.48. The molecule has 3 rings (SSSR count). The van der Waals surface area contributed by atoms with Gasteiger partial charge in [0.05, 0.1) is 22.3 Å². The van der Waals surface area contributed by atoms with Gasteiger partial charge in [-0.1, -0.05) is 0 Å². The summed E-state index contributed by atoms with van der Waals surface area (Å²) in [6, 6.07) is 6.09. The van der Waals surface area contributed by atoms with Gasteiger partial charge >= 0.3 is 0 Å². The molecule has 6 heteroatoms. The van der Waals surface area contributed by atoms with Crippen molar-refractivity contribution in [3.63, 3.8) is 0 Å². The highest BCUT2D eigenvalue weighted by Crippen LogP contribution is 2.28. The molecule has 0 aromatic carbocycles. The van der Waals surface area contributed by atoms with Crippen molar-refractivity contribution in [2.45, 2.75) is 6.04 Å². The van der Waals surface area contributed by atoms with Gasteiger partial charge in [0.2, 0.25) is 0 Å². The van der Waals surface area contributed by atoms with E-state index in [2.05, 4.69) is 37.0 Å². The monoisotopic (exact) mass is 303 g/mol. The first kappa shape index (κ1) is 11.2. The molecule has 0 radical (unpaired) electrons. The van der Waals surface area contributed by atoms with Crippen molar-refractivity contribution < 1.29 is 0 Å². The van der Waals surface area contributed by atoms with E-state index in [1.807, 2.05) is 10.9 Å². The minimum atomic E-state index is 0.352. The standard InChI is InChI=1S/C12H10BrN5/c13-10-5-16-18(6-10)11-7-17(8-11)12-9(4-14)2-1-3-15-12/h1-3,5-6,11H,7-8H2. The molecule has 0 amide bonds. The smallest absolute Gasteiger partial charge is 0.146 e. The van der Waals surface area contributed by atoms with E-state index in [0.717, 1.165) is 23.4 Å². The molecule has 1 aliphatic rings. The van der Waals surface area contributed by atoms with E-state index in [9.17, 15) is 0 Å². The Morgan fingerprint density at radius 3 is 2.94 bits per heavy atom. The molecule has 2 aromatic rings. The number of nitriles is 1. The Labute approximate surface area is 113 Å². The van der Waals surface area contributed by atoms with E-state index in [1.54, 1.807) is 24.5 Å². The highest BCUT2D eigenvalue weighted by atomic mass is 79.9. The molecule has 1 aliphatic heterocycles. The third-order valence-electron chi connectivity index (χ3n) is 3.01. The summed E-state index contributed by atoms with van der Waals surface area (Å²) in [5.41, 5.74) is 0.623. The number of nitrogens with zero attached hydrogens (tertiary/aromatic N) is 5. The largest absolute Gasteiger partial charge is 0.351 e. The lowest BCUT2D eigenvalue weighted by atomic mass is 10.1. The molecule has 0 spiro atoms. The number of hydrogen-bond acceptors (Lipinski definition) is 4. The van der Waals surface area contributed by atoms with Crippen LogP contribution in [-0.2, 0) is 0 Å². The van der Waals surface area contributed by atoms with Crippen LogP contribution in [0.3, 0.4) is 0 Å². The van der Waals surface area contributed by atoms with Crippen molar-refractivity contribution in [1.29, 1.82) is 5.26 Å². The van der Waals surface area contributed by atoms with Crippen molar-refractivity contribution in [3.8, 4) is 6.07 Å². The van der Waals surface area contributed by atoms with Crippen LogP contribution in [0.1, 0.15) is 11.6 Å². The molecule has 0 unspecified atom stereocenters. The molecule has 0 N–H and O–H groups in total. The predicted octanol–water partition coefficient (Wildman–Crippen LogP) is 1.97. The van der Waals surface area contributed by atoms with E-state index < -0.39 is 0 Å². The number of anilines is 1. The third kappa shape index (κ3) is 1.87. The van der Waals surface area contributed by atoms with Gasteiger partial charge in [0.25, 0.3) is 0 Å². The number of hydrogen-bond donors (Lipinski definition) is 0. The summed E-state index contributed by atoms with van der Waals surface area (Å²) >= 11 is 3.38. The van der Waals surface area contributed by atoms with E-state index >= 15 is 0 Å². The molecule has 0 aliphatic carbocycles. The Hall–Kier alpha value is -1.87. The van der Waals surface area contributed by atoms with Crippen molar-refractivity contribution >= 4 is 21.7 Å². The molecule has 90 valence electrons. The van der Waals surface area contributed by atoms with Gasteiger partial charge in [-0.15, -0.1) is 0 Å². The summed E-state index contributed by atoms with van der Waals surface area (Å²) in [6.07, 6.45) is 5.46. The molecular formula is C12H10BrN5. The molecular weight excluding hydrogens is 294 g/mol.